The van der Waals surface area contributed by atoms with Crippen LogP contribution in [0, 0.1) is 17.5 Å². The van der Waals surface area contributed by atoms with Crippen LogP contribution in [0.4, 0.5) is 22.0 Å². The third-order valence-electron chi connectivity index (χ3n) is 5.88. The summed E-state index contributed by atoms with van der Waals surface area (Å²) in [6.45, 7) is 3.00. The maximum absolute atomic E-state index is 15.6. The highest BCUT2D eigenvalue weighted by Crippen LogP contribution is 2.51. The van der Waals surface area contributed by atoms with E-state index < -0.39 is 40.1 Å². The first-order valence-electron chi connectivity index (χ1n) is 10.0. The molecule has 2 heterocycles. The van der Waals surface area contributed by atoms with Crippen molar-refractivity contribution in [2.24, 2.45) is 10.7 Å². The van der Waals surface area contributed by atoms with E-state index in [0.717, 1.165) is 26.8 Å². The van der Waals surface area contributed by atoms with Crippen molar-refractivity contribution in [1.29, 1.82) is 0 Å². The third-order valence-corrected chi connectivity index (χ3v) is 5.88. The molecule has 0 saturated heterocycles. The summed E-state index contributed by atoms with van der Waals surface area (Å²) >= 11 is 0. The van der Waals surface area contributed by atoms with Gasteiger partial charge in [-0.1, -0.05) is 0 Å². The summed E-state index contributed by atoms with van der Waals surface area (Å²) in [6.07, 6.45) is 2.72. The van der Waals surface area contributed by atoms with Crippen LogP contribution in [0.25, 0.3) is 16.8 Å². The number of amidine groups is 1. The SMILES string of the molecule is CC1(C)OCC(N)=NC(C)(c2cc(-c3cnn(-c4ccc(F)cc4)c3)c(F)cc2F)C1(F)F. The van der Waals surface area contributed by atoms with Gasteiger partial charge in [0, 0.05) is 29.0 Å². The summed E-state index contributed by atoms with van der Waals surface area (Å²) in [7, 11) is 0. The van der Waals surface area contributed by atoms with Crippen LogP contribution in [0.15, 0.2) is 53.8 Å². The monoisotopic (exact) mass is 464 g/mol. The molecule has 0 aliphatic carbocycles. The van der Waals surface area contributed by atoms with E-state index in [1.165, 1.54) is 41.3 Å². The molecule has 174 valence electrons. The zero-order valence-corrected chi connectivity index (χ0v) is 18.0. The zero-order valence-electron chi connectivity index (χ0n) is 18.0. The first-order chi connectivity index (χ1) is 15.4. The quantitative estimate of drug-likeness (QED) is 0.557. The molecule has 0 fully saturated rings. The average molecular weight is 464 g/mol. The zero-order chi connectivity index (χ0) is 24.2. The first-order valence-corrected chi connectivity index (χ1v) is 10.0. The van der Waals surface area contributed by atoms with Gasteiger partial charge in [0.1, 0.15) is 35.5 Å². The summed E-state index contributed by atoms with van der Waals surface area (Å²) in [5.41, 5.74) is 1.23. The second-order valence-electron chi connectivity index (χ2n) is 8.51. The highest BCUT2D eigenvalue weighted by molar-refractivity contribution is 5.82. The number of hydrogen-bond donors (Lipinski definition) is 1. The summed E-state index contributed by atoms with van der Waals surface area (Å²) in [4.78, 5) is 3.91. The van der Waals surface area contributed by atoms with Gasteiger partial charge in [-0.15, -0.1) is 0 Å². The molecule has 0 bridgehead atoms. The van der Waals surface area contributed by atoms with Gasteiger partial charge >= 0.3 is 5.92 Å². The molecule has 1 atom stereocenters. The van der Waals surface area contributed by atoms with Crippen LogP contribution in [-0.4, -0.2) is 33.7 Å². The molecule has 33 heavy (non-hydrogen) atoms. The van der Waals surface area contributed by atoms with Crippen molar-refractivity contribution in [1.82, 2.24) is 9.78 Å². The predicted molar refractivity (Wildman–Crippen MR) is 113 cm³/mol. The van der Waals surface area contributed by atoms with Crippen molar-refractivity contribution < 1.29 is 26.7 Å². The molecule has 1 unspecified atom stereocenters. The van der Waals surface area contributed by atoms with Gasteiger partial charge in [-0.25, -0.2) is 26.6 Å². The number of aliphatic imine (C=N–C) groups is 1. The number of nitrogens with zero attached hydrogens (tertiary/aromatic N) is 3. The van der Waals surface area contributed by atoms with E-state index in [-0.39, 0.29) is 23.6 Å². The lowest BCUT2D eigenvalue weighted by molar-refractivity contribution is -0.214. The number of ether oxygens (including phenoxy) is 1. The van der Waals surface area contributed by atoms with E-state index in [4.69, 9.17) is 10.5 Å². The summed E-state index contributed by atoms with van der Waals surface area (Å²) in [5, 5.41) is 4.11. The van der Waals surface area contributed by atoms with Gasteiger partial charge in [-0.2, -0.15) is 5.10 Å². The fourth-order valence-corrected chi connectivity index (χ4v) is 3.89. The van der Waals surface area contributed by atoms with Gasteiger partial charge in [0.05, 0.1) is 11.9 Å². The molecule has 0 radical (unpaired) electrons. The highest BCUT2D eigenvalue weighted by atomic mass is 19.3. The minimum Gasteiger partial charge on any atom is -0.385 e. The number of halogens is 5. The number of nitrogens with two attached hydrogens (primary N) is 1. The second-order valence-corrected chi connectivity index (χ2v) is 8.51. The number of aromatic nitrogens is 2. The first kappa shape index (κ1) is 22.9. The Kier molecular flexibility index (Phi) is 5.31. The number of benzene rings is 2. The van der Waals surface area contributed by atoms with Crippen LogP contribution < -0.4 is 5.73 Å². The van der Waals surface area contributed by atoms with Gasteiger partial charge in [0.25, 0.3) is 0 Å². The molecule has 1 aliphatic heterocycles. The van der Waals surface area contributed by atoms with Crippen LogP contribution in [0.3, 0.4) is 0 Å². The van der Waals surface area contributed by atoms with E-state index in [1.54, 1.807) is 0 Å². The molecule has 2 aromatic carbocycles. The van der Waals surface area contributed by atoms with Gasteiger partial charge in [0.2, 0.25) is 0 Å². The van der Waals surface area contributed by atoms with Crippen LogP contribution in [0.5, 0.6) is 0 Å². The number of hydrogen-bond acceptors (Lipinski definition) is 4. The molecular formula is C23H21F5N4O. The molecule has 3 aromatic rings. The average Bonchev–Trinajstić information content (AvgIpc) is 3.20. The Morgan fingerprint density at radius 2 is 1.67 bits per heavy atom. The van der Waals surface area contributed by atoms with E-state index in [9.17, 15) is 13.2 Å². The Labute approximate surface area is 186 Å². The molecule has 10 heteroatoms. The molecular weight excluding hydrogens is 443 g/mol. The lowest BCUT2D eigenvalue weighted by Crippen LogP contribution is -2.56. The van der Waals surface area contributed by atoms with Crippen molar-refractivity contribution in [2.75, 3.05) is 6.61 Å². The minimum absolute atomic E-state index is 0.159. The molecule has 4 rings (SSSR count). The van der Waals surface area contributed by atoms with Crippen molar-refractivity contribution >= 4 is 5.84 Å². The summed E-state index contributed by atoms with van der Waals surface area (Å²) in [5.74, 6) is -6.56. The second kappa shape index (κ2) is 7.65. The van der Waals surface area contributed by atoms with E-state index in [1.807, 2.05) is 0 Å². The Bertz CT molecular complexity index is 1240. The van der Waals surface area contributed by atoms with Crippen LogP contribution in [0.1, 0.15) is 26.3 Å². The maximum Gasteiger partial charge on any atom is 0.304 e. The smallest absolute Gasteiger partial charge is 0.304 e. The molecule has 5 nitrogen and oxygen atoms in total. The van der Waals surface area contributed by atoms with E-state index in [2.05, 4.69) is 10.1 Å². The molecule has 2 N–H and O–H groups in total. The Balaban J connectivity index is 1.86. The molecule has 0 saturated carbocycles. The minimum atomic E-state index is -3.71. The van der Waals surface area contributed by atoms with Gasteiger partial charge < -0.3 is 10.5 Å². The van der Waals surface area contributed by atoms with Gasteiger partial charge in [-0.05, 0) is 51.1 Å². The predicted octanol–water partition coefficient (Wildman–Crippen LogP) is 4.97. The van der Waals surface area contributed by atoms with Crippen molar-refractivity contribution in [3.8, 4) is 16.8 Å². The van der Waals surface area contributed by atoms with Gasteiger partial charge in [-0.3, -0.25) is 4.99 Å². The standard InChI is InChI=1S/C23H21F5N4O/c1-21(2)23(27,28)22(3,31-20(29)12-33-21)17-8-16(18(25)9-19(17)26)13-10-30-32(11-13)15-6-4-14(24)5-7-15/h4-11H,12H2,1-3H3,(H2,29,31). The summed E-state index contributed by atoms with van der Waals surface area (Å²) in [6, 6.07) is 6.91. The van der Waals surface area contributed by atoms with Crippen molar-refractivity contribution in [3.63, 3.8) is 0 Å². The lowest BCUT2D eigenvalue weighted by Gasteiger charge is -2.42. The maximum atomic E-state index is 15.6. The molecule has 1 aromatic heterocycles. The highest BCUT2D eigenvalue weighted by Gasteiger charge is 2.64. The lowest BCUT2D eigenvalue weighted by atomic mass is 9.77. The van der Waals surface area contributed by atoms with E-state index in [0.29, 0.717) is 11.8 Å². The summed E-state index contributed by atoms with van der Waals surface area (Å²) < 4.78 is 80.8. The van der Waals surface area contributed by atoms with Gasteiger partial charge in [0.15, 0.2) is 5.54 Å². The molecule has 1 aliphatic rings. The van der Waals surface area contributed by atoms with Crippen molar-refractivity contribution in [3.05, 3.63) is 71.8 Å². The fraction of sp³-hybridized carbons (Fsp3) is 0.304. The van der Waals surface area contributed by atoms with Crippen molar-refractivity contribution in [2.45, 2.75) is 37.8 Å². The van der Waals surface area contributed by atoms with Crippen LogP contribution in [0.2, 0.25) is 0 Å². The number of rotatable bonds is 3. The Morgan fingerprint density at radius 1 is 1.00 bits per heavy atom. The molecule has 0 amide bonds. The normalized spacial score (nSPS) is 22.0. The largest absolute Gasteiger partial charge is 0.385 e. The topological polar surface area (TPSA) is 65.4 Å². The Hall–Kier alpha value is -3.27. The van der Waals surface area contributed by atoms with Crippen LogP contribution >= 0.6 is 0 Å². The third kappa shape index (κ3) is 3.68. The molecule has 0 spiro atoms. The number of alkyl halides is 2. The Morgan fingerprint density at radius 3 is 2.33 bits per heavy atom. The van der Waals surface area contributed by atoms with E-state index >= 15 is 8.78 Å². The van der Waals surface area contributed by atoms with Crippen LogP contribution in [-0.2, 0) is 10.3 Å². The fourth-order valence-electron chi connectivity index (χ4n) is 3.89.